The van der Waals surface area contributed by atoms with E-state index in [1.54, 1.807) is 0 Å². The van der Waals surface area contributed by atoms with E-state index < -0.39 is 0 Å². The van der Waals surface area contributed by atoms with Crippen molar-refractivity contribution in [2.45, 2.75) is 0 Å². The lowest BCUT2D eigenvalue weighted by Crippen LogP contribution is -1.96. The average Bonchev–Trinajstić information content (AvgIpc) is 3.15. The predicted octanol–water partition coefficient (Wildman–Crippen LogP) is 6.30. The SMILES string of the molecule is O=Cc1ccc(C(=C2c3ccccc3-c3ccccc32)c2ccc(C=O)cc2)cc1. The zero-order chi connectivity index (χ0) is 20.5. The van der Waals surface area contributed by atoms with Gasteiger partial charge in [-0.1, -0.05) is 97.1 Å². The number of carbonyl (C=O) groups excluding carboxylic acids is 2. The molecule has 1 aliphatic carbocycles. The van der Waals surface area contributed by atoms with Crippen LogP contribution >= 0.6 is 0 Å². The van der Waals surface area contributed by atoms with Crippen molar-refractivity contribution in [2.24, 2.45) is 0 Å². The maximum absolute atomic E-state index is 11.2. The maximum atomic E-state index is 11.2. The van der Waals surface area contributed by atoms with Crippen LogP contribution in [0.1, 0.15) is 43.0 Å². The van der Waals surface area contributed by atoms with Crippen molar-refractivity contribution in [1.29, 1.82) is 0 Å². The van der Waals surface area contributed by atoms with Crippen molar-refractivity contribution in [3.63, 3.8) is 0 Å². The smallest absolute Gasteiger partial charge is 0.150 e. The molecule has 0 spiro atoms. The Labute approximate surface area is 175 Å². The van der Waals surface area contributed by atoms with Gasteiger partial charge in [-0.3, -0.25) is 9.59 Å². The molecule has 0 saturated heterocycles. The highest BCUT2D eigenvalue weighted by Gasteiger charge is 2.26. The number of rotatable bonds is 4. The van der Waals surface area contributed by atoms with Gasteiger partial charge in [0.05, 0.1) is 0 Å². The molecule has 0 fully saturated rings. The van der Waals surface area contributed by atoms with Crippen LogP contribution in [0.5, 0.6) is 0 Å². The van der Waals surface area contributed by atoms with E-state index in [1.807, 2.05) is 48.5 Å². The molecule has 30 heavy (non-hydrogen) atoms. The van der Waals surface area contributed by atoms with Crippen molar-refractivity contribution in [3.05, 3.63) is 130 Å². The minimum absolute atomic E-state index is 0.645. The van der Waals surface area contributed by atoms with E-state index in [1.165, 1.54) is 27.8 Å². The Kier molecular flexibility index (Phi) is 4.45. The summed E-state index contributed by atoms with van der Waals surface area (Å²) in [6, 6.07) is 32.2. The van der Waals surface area contributed by atoms with E-state index in [2.05, 4.69) is 48.5 Å². The number of carbonyl (C=O) groups is 2. The zero-order valence-electron chi connectivity index (χ0n) is 16.2. The second-order valence-corrected chi connectivity index (χ2v) is 7.32. The van der Waals surface area contributed by atoms with Crippen LogP contribution in [0.15, 0.2) is 97.1 Å². The number of benzene rings is 4. The van der Waals surface area contributed by atoms with Crippen molar-refractivity contribution in [2.75, 3.05) is 0 Å². The summed E-state index contributed by atoms with van der Waals surface area (Å²) in [5.41, 5.74) is 10.4. The molecule has 4 aromatic rings. The number of fused-ring (bicyclic) bond motifs is 3. The first-order chi connectivity index (χ1) is 14.8. The van der Waals surface area contributed by atoms with E-state index in [0.29, 0.717) is 11.1 Å². The highest BCUT2D eigenvalue weighted by atomic mass is 16.1. The van der Waals surface area contributed by atoms with Crippen LogP contribution in [0.4, 0.5) is 0 Å². The molecular formula is C28H18O2. The van der Waals surface area contributed by atoms with Gasteiger partial charge in [0.1, 0.15) is 12.6 Å². The van der Waals surface area contributed by atoms with Gasteiger partial charge in [-0.05, 0) is 44.5 Å². The Balaban J connectivity index is 1.86. The zero-order valence-corrected chi connectivity index (χ0v) is 16.2. The molecule has 0 amide bonds. The standard InChI is InChI=1S/C28H18O2/c29-17-19-9-13-21(14-10-19)27(22-15-11-20(18-30)12-16-22)28-25-7-3-1-5-23(25)24-6-2-4-8-26(24)28/h1-18H. The molecule has 1 aliphatic rings. The highest BCUT2D eigenvalue weighted by Crippen LogP contribution is 2.48. The average molecular weight is 386 g/mol. The maximum Gasteiger partial charge on any atom is 0.150 e. The fourth-order valence-electron chi connectivity index (χ4n) is 4.20. The first-order valence-corrected chi connectivity index (χ1v) is 9.85. The van der Waals surface area contributed by atoms with Crippen LogP contribution in [0.2, 0.25) is 0 Å². The summed E-state index contributed by atoms with van der Waals surface area (Å²) < 4.78 is 0. The van der Waals surface area contributed by atoms with Crippen molar-refractivity contribution in [1.82, 2.24) is 0 Å². The van der Waals surface area contributed by atoms with Gasteiger partial charge in [-0.25, -0.2) is 0 Å². The predicted molar refractivity (Wildman–Crippen MR) is 121 cm³/mol. The van der Waals surface area contributed by atoms with Crippen molar-refractivity contribution < 1.29 is 9.59 Å². The summed E-state index contributed by atoms with van der Waals surface area (Å²) in [6.07, 6.45) is 1.71. The topological polar surface area (TPSA) is 34.1 Å². The number of hydrogen-bond acceptors (Lipinski definition) is 2. The molecular weight excluding hydrogens is 368 g/mol. The van der Waals surface area contributed by atoms with Crippen LogP contribution in [0.25, 0.3) is 22.3 Å². The molecule has 0 N–H and O–H groups in total. The van der Waals surface area contributed by atoms with E-state index >= 15 is 0 Å². The third-order valence-corrected chi connectivity index (χ3v) is 5.60. The second kappa shape index (κ2) is 7.41. The molecule has 5 rings (SSSR count). The first kappa shape index (κ1) is 18.0. The monoisotopic (exact) mass is 386 g/mol. The molecule has 142 valence electrons. The molecule has 4 aromatic carbocycles. The largest absolute Gasteiger partial charge is 0.298 e. The molecule has 0 unspecified atom stereocenters. The molecule has 0 bridgehead atoms. The van der Waals surface area contributed by atoms with Gasteiger partial charge in [0, 0.05) is 11.1 Å². The molecule has 0 aromatic heterocycles. The minimum atomic E-state index is 0.645. The van der Waals surface area contributed by atoms with Gasteiger partial charge in [0.15, 0.2) is 0 Å². The summed E-state index contributed by atoms with van der Waals surface area (Å²) in [4.78, 5) is 22.3. The normalized spacial score (nSPS) is 11.5. The Morgan fingerprint density at radius 2 is 0.833 bits per heavy atom. The van der Waals surface area contributed by atoms with Gasteiger partial charge in [-0.2, -0.15) is 0 Å². The molecule has 0 saturated carbocycles. The number of aldehydes is 2. The highest BCUT2D eigenvalue weighted by molar-refractivity contribution is 6.13. The molecule has 2 heteroatoms. The van der Waals surface area contributed by atoms with Crippen molar-refractivity contribution in [3.8, 4) is 11.1 Å². The van der Waals surface area contributed by atoms with Gasteiger partial charge >= 0.3 is 0 Å². The lowest BCUT2D eigenvalue weighted by atomic mass is 9.88. The lowest BCUT2D eigenvalue weighted by molar-refractivity contribution is 0.111. The van der Waals surface area contributed by atoms with Gasteiger partial charge in [0.2, 0.25) is 0 Å². The van der Waals surface area contributed by atoms with Gasteiger partial charge < -0.3 is 0 Å². The molecule has 0 atom stereocenters. The van der Waals surface area contributed by atoms with Crippen LogP contribution < -0.4 is 0 Å². The van der Waals surface area contributed by atoms with E-state index in [0.717, 1.165) is 29.3 Å². The Morgan fingerprint density at radius 3 is 1.20 bits per heavy atom. The lowest BCUT2D eigenvalue weighted by Gasteiger charge is -2.15. The summed E-state index contributed by atoms with van der Waals surface area (Å²) in [7, 11) is 0. The fourth-order valence-corrected chi connectivity index (χ4v) is 4.20. The summed E-state index contributed by atoms with van der Waals surface area (Å²) in [6.45, 7) is 0. The van der Waals surface area contributed by atoms with E-state index in [4.69, 9.17) is 0 Å². The van der Waals surface area contributed by atoms with Crippen LogP contribution in [0, 0.1) is 0 Å². The quantitative estimate of drug-likeness (QED) is 0.340. The van der Waals surface area contributed by atoms with Gasteiger partial charge in [-0.15, -0.1) is 0 Å². The summed E-state index contributed by atoms with van der Waals surface area (Å²) >= 11 is 0. The Bertz CT molecular complexity index is 1190. The van der Waals surface area contributed by atoms with E-state index in [-0.39, 0.29) is 0 Å². The van der Waals surface area contributed by atoms with Gasteiger partial charge in [0.25, 0.3) is 0 Å². The first-order valence-electron chi connectivity index (χ1n) is 9.85. The Hall–Kier alpha value is -4.04. The molecule has 0 heterocycles. The van der Waals surface area contributed by atoms with Crippen LogP contribution in [0.3, 0.4) is 0 Å². The fraction of sp³-hybridized carbons (Fsp3) is 0. The van der Waals surface area contributed by atoms with Crippen LogP contribution in [-0.4, -0.2) is 12.6 Å². The summed E-state index contributed by atoms with van der Waals surface area (Å²) in [5, 5.41) is 0. The Morgan fingerprint density at radius 1 is 0.467 bits per heavy atom. The molecule has 0 radical (unpaired) electrons. The van der Waals surface area contributed by atoms with Crippen molar-refractivity contribution >= 4 is 23.7 Å². The van der Waals surface area contributed by atoms with E-state index in [9.17, 15) is 9.59 Å². The second-order valence-electron chi connectivity index (χ2n) is 7.32. The molecule has 2 nitrogen and oxygen atoms in total. The number of hydrogen-bond donors (Lipinski definition) is 0. The van der Waals surface area contributed by atoms with Crippen LogP contribution in [-0.2, 0) is 0 Å². The third-order valence-electron chi connectivity index (χ3n) is 5.60. The summed E-state index contributed by atoms with van der Waals surface area (Å²) in [5.74, 6) is 0. The minimum Gasteiger partial charge on any atom is -0.298 e. The molecule has 0 aliphatic heterocycles. The third kappa shape index (κ3) is 2.90.